The molecule has 80 valence electrons. The predicted molar refractivity (Wildman–Crippen MR) is 60.2 cm³/mol. The van der Waals surface area contributed by atoms with Crippen molar-refractivity contribution in [3.05, 3.63) is 0 Å². The Bertz CT molecular complexity index is 216. The Balaban J connectivity index is 3.27. The van der Waals surface area contributed by atoms with Gasteiger partial charge >= 0.3 is 0 Å². The minimum Gasteiger partial charge on any atom is -0.316 e. The first-order valence-electron chi connectivity index (χ1n) is 4.48. The van der Waals surface area contributed by atoms with Gasteiger partial charge in [0, 0.05) is 17.6 Å². The van der Waals surface area contributed by atoms with Crippen molar-refractivity contribution in [1.82, 2.24) is 5.32 Å². The van der Waals surface area contributed by atoms with Crippen molar-refractivity contribution < 1.29 is 8.42 Å². The van der Waals surface area contributed by atoms with Gasteiger partial charge in [-0.15, -0.1) is 0 Å². The van der Waals surface area contributed by atoms with Gasteiger partial charge in [0.25, 0.3) is 0 Å². The number of alkyl halides is 1. The van der Waals surface area contributed by atoms with Crippen LogP contribution < -0.4 is 5.32 Å². The number of rotatable bonds is 7. The summed E-state index contributed by atoms with van der Waals surface area (Å²) in [4.78, 5) is 0.540. The average molecular weight is 272 g/mol. The highest BCUT2D eigenvalue weighted by Gasteiger charge is 2.02. The lowest BCUT2D eigenvalue weighted by molar-refractivity contribution is 0.593. The molecule has 0 amide bonds. The van der Waals surface area contributed by atoms with Crippen molar-refractivity contribution in [3.8, 4) is 0 Å². The quantitative estimate of drug-likeness (QED) is 0.559. The van der Waals surface area contributed by atoms with Crippen molar-refractivity contribution >= 4 is 25.8 Å². The van der Waals surface area contributed by atoms with Gasteiger partial charge in [-0.3, -0.25) is 0 Å². The SMILES string of the molecule is CCC(Br)CCNCCS(C)(=O)=O. The van der Waals surface area contributed by atoms with Gasteiger partial charge in [0.1, 0.15) is 9.84 Å². The van der Waals surface area contributed by atoms with E-state index >= 15 is 0 Å². The lowest BCUT2D eigenvalue weighted by atomic mass is 10.2. The van der Waals surface area contributed by atoms with Crippen LogP contribution in [0.2, 0.25) is 0 Å². The standard InChI is InChI=1S/C8H18BrNO2S/c1-3-8(9)4-5-10-6-7-13(2,11)12/h8,10H,3-7H2,1-2H3. The molecule has 0 spiro atoms. The molecule has 0 fully saturated rings. The molecule has 0 rings (SSSR count). The van der Waals surface area contributed by atoms with E-state index in [9.17, 15) is 8.42 Å². The Labute approximate surface area is 89.3 Å². The summed E-state index contributed by atoms with van der Waals surface area (Å²) >= 11 is 3.51. The molecule has 0 aromatic heterocycles. The zero-order valence-corrected chi connectivity index (χ0v) is 10.6. The van der Waals surface area contributed by atoms with Gasteiger partial charge in [-0.1, -0.05) is 22.9 Å². The van der Waals surface area contributed by atoms with Crippen molar-refractivity contribution in [2.24, 2.45) is 0 Å². The Hall–Kier alpha value is 0.390. The molecule has 1 atom stereocenters. The van der Waals surface area contributed by atoms with E-state index in [1.54, 1.807) is 0 Å². The van der Waals surface area contributed by atoms with Crippen molar-refractivity contribution in [3.63, 3.8) is 0 Å². The second-order valence-electron chi connectivity index (χ2n) is 3.17. The average Bonchev–Trinajstić information content (AvgIpc) is 2.01. The summed E-state index contributed by atoms with van der Waals surface area (Å²) in [5.41, 5.74) is 0. The fourth-order valence-electron chi connectivity index (χ4n) is 0.845. The lowest BCUT2D eigenvalue weighted by Crippen LogP contribution is -2.24. The zero-order chi connectivity index (χ0) is 10.3. The molecule has 1 unspecified atom stereocenters. The highest BCUT2D eigenvalue weighted by molar-refractivity contribution is 9.09. The fraction of sp³-hybridized carbons (Fsp3) is 1.00. The molecule has 0 saturated carbocycles. The lowest BCUT2D eigenvalue weighted by Gasteiger charge is -2.07. The minimum absolute atomic E-state index is 0.228. The summed E-state index contributed by atoms with van der Waals surface area (Å²) in [6, 6.07) is 0. The van der Waals surface area contributed by atoms with E-state index in [1.165, 1.54) is 6.26 Å². The van der Waals surface area contributed by atoms with Crippen molar-refractivity contribution in [1.29, 1.82) is 0 Å². The van der Waals surface area contributed by atoms with Crippen LogP contribution in [-0.2, 0) is 9.84 Å². The maximum atomic E-state index is 10.7. The van der Waals surface area contributed by atoms with Crippen LogP contribution in [0.4, 0.5) is 0 Å². The number of halogens is 1. The van der Waals surface area contributed by atoms with Crippen LogP contribution in [0.25, 0.3) is 0 Å². The largest absolute Gasteiger partial charge is 0.316 e. The molecule has 0 aliphatic heterocycles. The highest BCUT2D eigenvalue weighted by Crippen LogP contribution is 2.07. The Kier molecular flexibility index (Phi) is 6.99. The Morgan fingerprint density at radius 2 is 2.00 bits per heavy atom. The summed E-state index contributed by atoms with van der Waals surface area (Å²) in [6.45, 7) is 3.55. The smallest absolute Gasteiger partial charge is 0.148 e. The van der Waals surface area contributed by atoms with Gasteiger partial charge in [0.15, 0.2) is 0 Å². The molecular formula is C8H18BrNO2S. The molecule has 0 radical (unpaired) electrons. The van der Waals surface area contributed by atoms with Gasteiger partial charge in [-0.05, 0) is 19.4 Å². The van der Waals surface area contributed by atoms with Crippen molar-refractivity contribution in [2.75, 3.05) is 25.1 Å². The molecule has 0 aliphatic rings. The fourth-order valence-corrected chi connectivity index (χ4v) is 1.59. The van der Waals surface area contributed by atoms with E-state index in [0.717, 1.165) is 19.4 Å². The third kappa shape index (κ3) is 10.3. The first-order chi connectivity index (χ1) is 5.95. The maximum absolute atomic E-state index is 10.7. The van der Waals surface area contributed by atoms with E-state index in [2.05, 4.69) is 28.2 Å². The van der Waals surface area contributed by atoms with Crippen LogP contribution in [0.5, 0.6) is 0 Å². The number of sulfone groups is 1. The molecular weight excluding hydrogens is 254 g/mol. The van der Waals surface area contributed by atoms with Crippen LogP contribution in [0, 0.1) is 0 Å². The third-order valence-electron chi connectivity index (χ3n) is 1.73. The van der Waals surface area contributed by atoms with Gasteiger partial charge in [0.05, 0.1) is 5.75 Å². The third-order valence-corrected chi connectivity index (χ3v) is 3.78. The van der Waals surface area contributed by atoms with Crippen LogP contribution in [-0.4, -0.2) is 38.3 Å². The van der Waals surface area contributed by atoms with Crippen molar-refractivity contribution in [2.45, 2.75) is 24.6 Å². The normalized spacial score (nSPS) is 14.4. The molecule has 0 aromatic carbocycles. The molecule has 3 nitrogen and oxygen atoms in total. The summed E-state index contributed by atoms with van der Waals surface area (Å²) in [5, 5.41) is 3.10. The monoisotopic (exact) mass is 271 g/mol. The molecule has 13 heavy (non-hydrogen) atoms. The zero-order valence-electron chi connectivity index (χ0n) is 8.22. The predicted octanol–water partition coefficient (Wildman–Crippen LogP) is 1.18. The van der Waals surface area contributed by atoms with Gasteiger partial charge in [-0.25, -0.2) is 8.42 Å². The summed E-state index contributed by atoms with van der Waals surface area (Å²) < 4.78 is 21.5. The van der Waals surface area contributed by atoms with Gasteiger partial charge in [-0.2, -0.15) is 0 Å². The number of hydrogen-bond acceptors (Lipinski definition) is 3. The van der Waals surface area contributed by atoms with E-state index in [0.29, 0.717) is 11.4 Å². The van der Waals surface area contributed by atoms with E-state index in [1.807, 2.05) is 0 Å². The first-order valence-corrected chi connectivity index (χ1v) is 7.46. The highest BCUT2D eigenvalue weighted by atomic mass is 79.9. The molecule has 0 saturated heterocycles. The molecule has 0 bridgehead atoms. The van der Waals surface area contributed by atoms with Gasteiger partial charge < -0.3 is 5.32 Å². The van der Waals surface area contributed by atoms with Crippen LogP contribution in [0.3, 0.4) is 0 Å². The second kappa shape index (κ2) is 6.79. The minimum atomic E-state index is -2.80. The summed E-state index contributed by atoms with van der Waals surface area (Å²) in [6.07, 6.45) is 3.40. The van der Waals surface area contributed by atoms with E-state index < -0.39 is 9.84 Å². The summed E-state index contributed by atoms with van der Waals surface area (Å²) in [7, 11) is -2.80. The first kappa shape index (κ1) is 13.4. The Morgan fingerprint density at radius 3 is 2.46 bits per heavy atom. The van der Waals surface area contributed by atoms with E-state index in [-0.39, 0.29) is 5.75 Å². The summed E-state index contributed by atoms with van der Waals surface area (Å²) in [5.74, 6) is 0.228. The topological polar surface area (TPSA) is 46.2 Å². The second-order valence-corrected chi connectivity index (χ2v) is 6.73. The maximum Gasteiger partial charge on any atom is 0.148 e. The van der Waals surface area contributed by atoms with Crippen LogP contribution in [0.15, 0.2) is 0 Å². The Morgan fingerprint density at radius 1 is 1.38 bits per heavy atom. The molecule has 0 aromatic rings. The number of nitrogens with one attached hydrogen (secondary N) is 1. The number of hydrogen-bond donors (Lipinski definition) is 1. The molecule has 5 heteroatoms. The van der Waals surface area contributed by atoms with E-state index in [4.69, 9.17) is 0 Å². The molecule has 0 heterocycles. The molecule has 0 aliphatic carbocycles. The van der Waals surface area contributed by atoms with Crippen LogP contribution in [0.1, 0.15) is 19.8 Å². The molecule has 1 N–H and O–H groups in total. The van der Waals surface area contributed by atoms with Crippen LogP contribution >= 0.6 is 15.9 Å². The van der Waals surface area contributed by atoms with Gasteiger partial charge in [0.2, 0.25) is 0 Å².